The van der Waals surface area contributed by atoms with Gasteiger partial charge in [-0.15, -0.1) is 0 Å². The van der Waals surface area contributed by atoms with E-state index in [-0.39, 0.29) is 12.5 Å². The number of amides is 1. The van der Waals surface area contributed by atoms with Gasteiger partial charge in [-0.1, -0.05) is 36.5 Å². The fourth-order valence-corrected chi connectivity index (χ4v) is 3.04. The van der Waals surface area contributed by atoms with Crippen molar-refractivity contribution in [1.29, 1.82) is 0 Å². The van der Waals surface area contributed by atoms with Crippen LogP contribution in [0, 0.1) is 5.92 Å². The Balaban J connectivity index is 2.04. The molecule has 0 aromatic carbocycles. The van der Waals surface area contributed by atoms with Gasteiger partial charge in [0, 0.05) is 12.5 Å². The smallest absolute Gasteiger partial charge is 0.410 e. The van der Waals surface area contributed by atoms with Gasteiger partial charge in [-0.05, 0) is 44.3 Å². The van der Waals surface area contributed by atoms with Gasteiger partial charge in [0.25, 0.3) is 0 Å². The number of carboxylic acid groups (broad SMARTS) is 1. The lowest BCUT2D eigenvalue weighted by atomic mass is 9.91. The van der Waals surface area contributed by atoms with Gasteiger partial charge < -0.3 is 9.84 Å². The summed E-state index contributed by atoms with van der Waals surface area (Å²) in [4.78, 5) is 24.8. The Hall–Kier alpha value is -2.30. The lowest BCUT2D eigenvalue weighted by Crippen LogP contribution is -2.41. The predicted octanol–water partition coefficient (Wildman–Crippen LogP) is 3.70. The summed E-state index contributed by atoms with van der Waals surface area (Å²) < 4.78 is 5.44. The molecule has 0 aromatic heterocycles. The zero-order valence-electron chi connectivity index (χ0n) is 14.3. The van der Waals surface area contributed by atoms with Crippen molar-refractivity contribution >= 4 is 12.1 Å². The van der Waals surface area contributed by atoms with Crippen LogP contribution in [0.5, 0.6) is 0 Å². The van der Waals surface area contributed by atoms with E-state index in [2.05, 4.69) is 6.58 Å². The number of ether oxygens (including phenoxy) is 1. The number of likely N-dealkylation sites (tertiary alicyclic amines) is 1. The molecule has 1 aliphatic carbocycles. The van der Waals surface area contributed by atoms with E-state index in [9.17, 15) is 14.7 Å². The van der Waals surface area contributed by atoms with Crippen molar-refractivity contribution in [3.63, 3.8) is 0 Å². The fraction of sp³-hybridized carbons (Fsp3) is 0.474. The van der Waals surface area contributed by atoms with Crippen LogP contribution in [0.2, 0.25) is 0 Å². The Morgan fingerprint density at radius 3 is 2.83 bits per heavy atom. The van der Waals surface area contributed by atoms with Crippen molar-refractivity contribution < 1.29 is 19.4 Å². The molecule has 5 heteroatoms. The molecule has 1 unspecified atom stereocenters. The number of carboxylic acids is 1. The maximum atomic E-state index is 12.3. The quantitative estimate of drug-likeness (QED) is 0.856. The molecule has 0 radical (unpaired) electrons. The molecule has 0 saturated carbocycles. The molecular weight excluding hydrogens is 306 g/mol. The third kappa shape index (κ3) is 4.16. The molecule has 2 atom stereocenters. The third-order valence-electron chi connectivity index (χ3n) is 4.83. The van der Waals surface area contributed by atoms with Crippen LogP contribution in [-0.2, 0) is 9.53 Å². The monoisotopic (exact) mass is 331 g/mol. The summed E-state index contributed by atoms with van der Waals surface area (Å²) in [5, 5.41) is 9.17. The number of hydrogen-bond acceptors (Lipinski definition) is 3. The van der Waals surface area contributed by atoms with Gasteiger partial charge in [0.1, 0.15) is 12.6 Å². The van der Waals surface area contributed by atoms with Gasteiger partial charge in [-0.2, -0.15) is 0 Å². The highest BCUT2D eigenvalue weighted by Crippen LogP contribution is 2.26. The van der Waals surface area contributed by atoms with Crippen molar-refractivity contribution in [3.8, 4) is 0 Å². The number of allylic oxidation sites excluding steroid dienone is 6. The van der Waals surface area contributed by atoms with Crippen LogP contribution in [0.3, 0.4) is 0 Å². The first-order valence-electron chi connectivity index (χ1n) is 8.28. The normalized spacial score (nSPS) is 27.2. The molecule has 1 fully saturated rings. The Labute approximate surface area is 143 Å². The summed E-state index contributed by atoms with van der Waals surface area (Å²) >= 11 is 0. The minimum Gasteiger partial charge on any atom is -0.480 e. The first kappa shape index (κ1) is 18.0. The minimum atomic E-state index is -0.968. The summed E-state index contributed by atoms with van der Waals surface area (Å²) in [7, 11) is 0. The van der Waals surface area contributed by atoms with Crippen LogP contribution in [0.1, 0.15) is 33.1 Å². The van der Waals surface area contributed by atoms with Crippen molar-refractivity contribution in [2.75, 3.05) is 13.2 Å². The second kappa shape index (κ2) is 7.99. The van der Waals surface area contributed by atoms with Crippen molar-refractivity contribution in [1.82, 2.24) is 4.90 Å². The van der Waals surface area contributed by atoms with Crippen molar-refractivity contribution in [2.45, 2.75) is 39.2 Å². The highest BCUT2D eigenvalue weighted by atomic mass is 16.6. The summed E-state index contributed by atoms with van der Waals surface area (Å²) in [6.45, 7) is 8.78. The lowest BCUT2D eigenvalue weighted by Gasteiger charge is -2.24. The molecule has 1 aliphatic heterocycles. The van der Waals surface area contributed by atoms with Gasteiger partial charge in [0.2, 0.25) is 0 Å². The molecule has 130 valence electrons. The van der Waals surface area contributed by atoms with Crippen LogP contribution in [0.4, 0.5) is 4.79 Å². The molecular formula is C19H25NO4. The predicted molar refractivity (Wildman–Crippen MR) is 92.6 cm³/mol. The fourth-order valence-electron chi connectivity index (χ4n) is 3.04. The number of rotatable bonds is 3. The third-order valence-corrected chi connectivity index (χ3v) is 4.83. The number of hydrogen-bond donors (Lipinski definition) is 1. The standard InChI is InChI=1S/C19H25NO4/c1-13-8-5-4-6-9-16(15(3)14(13)2)12-24-19(23)20-11-7-10-17(20)18(21)22/h4-6,8,16-17H,1,7,9-12H2,2-3H3,(H,21,22)/b6-4-,8-5-,15-14?/t16?,17-/m0/s1. The van der Waals surface area contributed by atoms with Gasteiger partial charge >= 0.3 is 12.1 Å². The highest BCUT2D eigenvalue weighted by Gasteiger charge is 2.35. The first-order chi connectivity index (χ1) is 11.4. The van der Waals surface area contributed by atoms with E-state index >= 15 is 0 Å². The molecule has 1 saturated heterocycles. The molecule has 24 heavy (non-hydrogen) atoms. The van der Waals surface area contributed by atoms with E-state index in [4.69, 9.17) is 4.74 Å². The number of carbonyl (C=O) groups is 2. The van der Waals surface area contributed by atoms with Gasteiger partial charge in [0.15, 0.2) is 0 Å². The Morgan fingerprint density at radius 2 is 2.12 bits per heavy atom. The second-order valence-corrected chi connectivity index (χ2v) is 6.32. The molecule has 0 spiro atoms. The lowest BCUT2D eigenvalue weighted by molar-refractivity contribution is -0.141. The number of nitrogens with zero attached hydrogens (tertiary/aromatic N) is 1. The molecule has 5 nitrogen and oxygen atoms in total. The van der Waals surface area contributed by atoms with E-state index in [0.29, 0.717) is 19.4 Å². The van der Waals surface area contributed by atoms with Crippen LogP contribution >= 0.6 is 0 Å². The van der Waals surface area contributed by atoms with Crippen LogP contribution in [-0.4, -0.2) is 41.3 Å². The van der Waals surface area contributed by atoms with E-state index in [1.54, 1.807) is 0 Å². The molecule has 2 aliphatic rings. The van der Waals surface area contributed by atoms with E-state index in [1.807, 2.05) is 38.2 Å². The van der Waals surface area contributed by atoms with Crippen LogP contribution in [0.25, 0.3) is 0 Å². The molecule has 2 rings (SSSR count). The maximum Gasteiger partial charge on any atom is 0.410 e. The van der Waals surface area contributed by atoms with E-state index in [1.165, 1.54) is 4.90 Å². The summed E-state index contributed by atoms with van der Waals surface area (Å²) in [6.07, 6.45) is 9.33. The van der Waals surface area contributed by atoms with E-state index in [0.717, 1.165) is 23.1 Å². The average Bonchev–Trinajstić information content (AvgIpc) is 3.05. The van der Waals surface area contributed by atoms with Gasteiger partial charge in [-0.25, -0.2) is 9.59 Å². The van der Waals surface area contributed by atoms with Gasteiger partial charge in [-0.3, -0.25) is 4.90 Å². The first-order valence-corrected chi connectivity index (χ1v) is 8.28. The summed E-state index contributed by atoms with van der Waals surface area (Å²) in [5.41, 5.74) is 3.18. The zero-order chi connectivity index (χ0) is 17.7. The topological polar surface area (TPSA) is 66.8 Å². The summed E-state index contributed by atoms with van der Waals surface area (Å²) in [5.74, 6) is -0.906. The molecule has 1 amide bonds. The molecule has 0 bridgehead atoms. The molecule has 1 N–H and O–H groups in total. The minimum absolute atomic E-state index is 0.0627. The Morgan fingerprint density at radius 1 is 1.38 bits per heavy atom. The maximum absolute atomic E-state index is 12.3. The van der Waals surface area contributed by atoms with Crippen molar-refractivity contribution in [3.05, 3.63) is 47.6 Å². The average molecular weight is 331 g/mol. The zero-order valence-corrected chi connectivity index (χ0v) is 14.3. The Kier molecular flexibility index (Phi) is 6.01. The second-order valence-electron chi connectivity index (χ2n) is 6.32. The largest absolute Gasteiger partial charge is 0.480 e. The number of carbonyl (C=O) groups excluding carboxylic acids is 1. The van der Waals surface area contributed by atoms with Crippen LogP contribution in [0.15, 0.2) is 47.6 Å². The van der Waals surface area contributed by atoms with Crippen molar-refractivity contribution in [2.24, 2.45) is 5.92 Å². The van der Waals surface area contributed by atoms with Crippen LogP contribution < -0.4 is 0 Å². The van der Waals surface area contributed by atoms with Gasteiger partial charge in [0.05, 0.1) is 0 Å². The SMILES string of the molecule is C=C1/C=C\C=C/CC(COC(=O)N2CCC[C@H]2C(=O)O)C(C)=C1C. The Bertz CT molecular complexity index is 615. The summed E-state index contributed by atoms with van der Waals surface area (Å²) in [6, 6.07) is -0.764. The molecule has 1 heterocycles. The number of aliphatic carboxylic acids is 1. The van der Waals surface area contributed by atoms with E-state index < -0.39 is 18.1 Å². The highest BCUT2D eigenvalue weighted by molar-refractivity contribution is 5.80. The molecule has 0 aromatic rings.